The van der Waals surface area contributed by atoms with Crippen LogP contribution in [0.15, 0.2) is 0 Å². The predicted molar refractivity (Wildman–Crippen MR) is 42.1 cm³/mol. The van der Waals surface area contributed by atoms with E-state index in [0.717, 1.165) is 0 Å². The Hall–Kier alpha value is -0.130. The van der Waals surface area contributed by atoms with Crippen LogP contribution in [-0.2, 0) is 9.84 Å². The van der Waals surface area contributed by atoms with E-state index >= 15 is 0 Å². The third-order valence-electron chi connectivity index (χ3n) is 1.96. The summed E-state index contributed by atoms with van der Waals surface area (Å²) < 4.78 is 21.9. The highest BCUT2D eigenvalue weighted by atomic mass is 32.2. The molecule has 0 aromatic rings. The van der Waals surface area contributed by atoms with Gasteiger partial charge in [-0.25, -0.2) is 8.42 Å². The van der Waals surface area contributed by atoms with E-state index in [1.807, 2.05) is 0 Å². The second-order valence-electron chi connectivity index (χ2n) is 3.18. The molecule has 5 heteroatoms. The van der Waals surface area contributed by atoms with Crippen molar-refractivity contribution in [2.75, 3.05) is 25.6 Å². The minimum atomic E-state index is -2.98. The van der Waals surface area contributed by atoms with E-state index < -0.39 is 15.9 Å². The van der Waals surface area contributed by atoms with Gasteiger partial charge in [-0.3, -0.25) is 0 Å². The molecule has 2 atom stereocenters. The van der Waals surface area contributed by atoms with E-state index in [9.17, 15) is 13.5 Å². The lowest BCUT2D eigenvalue weighted by atomic mass is 10.2. The topological polar surface area (TPSA) is 57.6 Å². The first kappa shape index (κ1) is 8.96. The normalized spacial score (nSPS) is 36.4. The van der Waals surface area contributed by atoms with Crippen LogP contribution >= 0.6 is 0 Å². The largest absolute Gasteiger partial charge is 0.390 e. The molecule has 0 unspecified atom stereocenters. The fourth-order valence-electron chi connectivity index (χ4n) is 1.30. The van der Waals surface area contributed by atoms with E-state index in [0.29, 0.717) is 0 Å². The Morgan fingerprint density at radius 1 is 1.36 bits per heavy atom. The third kappa shape index (κ3) is 1.91. The summed E-state index contributed by atoms with van der Waals surface area (Å²) >= 11 is 0. The maximum Gasteiger partial charge on any atom is 0.154 e. The molecule has 1 rings (SSSR count). The number of aliphatic hydroxyl groups is 1. The van der Waals surface area contributed by atoms with Gasteiger partial charge >= 0.3 is 0 Å². The van der Waals surface area contributed by atoms with Crippen LogP contribution in [0.25, 0.3) is 0 Å². The van der Waals surface area contributed by atoms with E-state index in [4.69, 9.17) is 0 Å². The molecule has 0 saturated carbocycles. The van der Waals surface area contributed by atoms with Gasteiger partial charge in [0.1, 0.15) is 0 Å². The summed E-state index contributed by atoms with van der Waals surface area (Å²) in [5.41, 5.74) is 0. The summed E-state index contributed by atoms with van der Waals surface area (Å²) in [4.78, 5) is 1.75. The van der Waals surface area contributed by atoms with Crippen molar-refractivity contribution in [1.29, 1.82) is 0 Å². The highest BCUT2D eigenvalue weighted by Crippen LogP contribution is 2.15. The second kappa shape index (κ2) is 2.73. The van der Waals surface area contributed by atoms with E-state index in [2.05, 4.69) is 0 Å². The van der Waals surface area contributed by atoms with Gasteiger partial charge in [0.05, 0.1) is 17.6 Å². The van der Waals surface area contributed by atoms with Crippen LogP contribution in [0.3, 0.4) is 0 Å². The fourth-order valence-corrected chi connectivity index (χ4v) is 3.22. The zero-order valence-corrected chi connectivity index (χ0v) is 7.50. The molecule has 66 valence electrons. The monoisotopic (exact) mass is 179 g/mol. The standard InChI is InChI=1S/C6H13NO3S/c1-7(2)5-3-11(9,10)4-6(5)8/h5-6,8H,3-4H2,1-2H3/t5-,6-/m1/s1. The molecular formula is C6H13NO3S. The van der Waals surface area contributed by atoms with Crippen LogP contribution in [0.1, 0.15) is 0 Å². The number of likely N-dealkylation sites (N-methyl/N-ethyl adjacent to an activating group) is 1. The molecule has 1 fully saturated rings. The molecule has 0 aliphatic carbocycles. The number of rotatable bonds is 1. The second-order valence-corrected chi connectivity index (χ2v) is 5.33. The minimum absolute atomic E-state index is 0.0845. The Kier molecular flexibility index (Phi) is 2.22. The molecule has 0 bridgehead atoms. The van der Waals surface area contributed by atoms with Gasteiger partial charge in [0.25, 0.3) is 0 Å². The van der Waals surface area contributed by atoms with Gasteiger partial charge in [0.2, 0.25) is 0 Å². The molecule has 1 heterocycles. The quantitative estimate of drug-likeness (QED) is 0.544. The number of nitrogens with zero attached hydrogens (tertiary/aromatic N) is 1. The molecule has 4 nitrogen and oxygen atoms in total. The third-order valence-corrected chi connectivity index (χ3v) is 3.66. The van der Waals surface area contributed by atoms with Gasteiger partial charge in [-0.2, -0.15) is 0 Å². The van der Waals surface area contributed by atoms with Crippen LogP contribution in [0.5, 0.6) is 0 Å². The number of aliphatic hydroxyl groups excluding tert-OH is 1. The molecule has 0 aromatic heterocycles. The van der Waals surface area contributed by atoms with Gasteiger partial charge in [-0.15, -0.1) is 0 Å². The first-order chi connectivity index (χ1) is 4.92. The molecule has 0 radical (unpaired) electrons. The van der Waals surface area contributed by atoms with Gasteiger partial charge in [0.15, 0.2) is 9.84 Å². The fraction of sp³-hybridized carbons (Fsp3) is 1.00. The van der Waals surface area contributed by atoms with Crippen molar-refractivity contribution in [3.8, 4) is 0 Å². The molecule has 0 aromatic carbocycles. The van der Waals surface area contributed by atoms with Crippen molar-refractivity contribution in [2.24, 2.45) is 0 Å². The maximum absolute atomic E-state index is 11.0. The van der Waals surface area contributed by atoms with Crippen molar-refractivity contribution in [3.05, 3.63) is 0 Å². The lowest BCUT2D eigenvalue weighted by Crippen LogP contribution is -2.37. The van der Waals surface area contributed by atoms with Crippen molar-refractivity contribution in [1.82, 2.24) is 4.90 Å². The van der Waals surface area contributed by atoms with E-state index in [1.165, 1.54) is 0 Å². The molecule has 1 saturated heterocycles. The predicted octanol–water partition coefficient (Wildman–Crippen LogP) is -1.29. The molecule has 11 heavy (non-hydrogen) atoms. The molecule has 1 aliphatic rings. The number of hydrogen-bond donors (Lipinski definition) is 1. The lowest BCUT2D eigenvalue weighted by molar-refractivity contribution is 0.115. The highest BCUT2D eigenvalue weighted by Gasteiger charge is 2.37. The van der Waals surface area contributed by atoms with Crippen LogP contribution in [0.4, 0.5) is 0 Å². The van der Waals surface area contributed by atoms with Crippen molar-refractivity contribution >= 4 is 9.84 Å². The van der Waals surface area contributed by atoms with Crippen LogP contribution in [-0.4, -0.2) is 56.2 Å². The lowest BCUT2D eigenvalue weighted by Gasteiger charge is -2.20. The minimum Gasteiger partial charge on any atom is -0.390 e. The Morgan fingerprint density at radius 2 is 1.91 bits per heavy atom. The van der Waals surface area contributed by atoms with Gasteiger partial charge in [-0.1, -0.05) is 0 Å². The Labute approximate surface area is 66.7 Å². The average Bonchev–Trinajstić information content (AvgIpc) is 2.05. The average molecular weight is 179 g/mol. The summed E-state index contributed by atoms with van der Waals surface area (Å²) in [7, 11) is 0.564. The first-order valence-corrected chi connectivity index (χ1v) is 5.29. The molecule has 1 N–H and O–H groups in total. The molecule has 0 amide bonds. The Bertz CT molecular complexity index is 234. The maximum atomic E-state index is 11.0. The van der Waals surface area contributed by atoms with Gasteiger partial charge in [-0.05, 0) is 14.1 Å². The molecular weight excluding hydrogens is 166 g/mol. The van der Waals surface area contributed by atoms with Crippen LogP contribution < -0.4 is 0 Å². The smallest absolute Gasteiger partial charge is 0.154 e. The van der Waals surface area contributed by atoms with Crippen LogP contribution in [0, 0.1) is 0 Å². The summed E-state index contributed by atoms with van der Waals surface area (Å²) in [6.45, 7) is 0. The Morgan fingerprint density at radius 3 is 2.09 bits per heavy atom. The Balaban J connectivity index is 2.75. The zero-order chi connectivity index (χ0) is 8.65. The number of hydrogen-bond acceptors (Lipinski definition) is 4. The molecule has 0 spiro atoms. The molecule has 1 aliphatic heterocycles. The van der Waals surface area contributed by atoms with E-state index in [1.54, 1.807) is 19.0 Å². The highest BCUT2D eigenvalue weighted by molar-refractivity contribution is 7.91. The van der Waals surface area contributed by atoms with Gasteiger partial charge in [0, 0.05) is 6.04 Å². The van der Waals surface area contributed by atoms with Crippen molar-refractivity contribution in [3.63, 3.8) is 0 Å². The SMILES string of the molecule is CN(C)[C@@H]1CS(=O)(=O)C[C@H]1O. The summed E-state index contributed by atoms with van der Waals surface area (Å²) in [5.74, 6) is -0.00296. The van der Waals surface area contributed by atoms with Crippen LogP contribution in [0.2, 0.25) is 0 Å². The summed E-state index contributed by atoms with van der Waals surface area (Å²) in [5, 5.41) is 9.27. The first-order valence-electron chi connectivity index (χ1n) is 3.47. The van der Waals surface area contributed by atoms with Crippen molar-refractivity contribution < 1.29 is 13.5 Å². The summed E-state index contributed by atoms with van der Waals surface area (Å²) in [6, 6.07) is -0.222. The zero-order valence-electron chi connectivity index (χ0n) is 6.69. The van der Waals surface area contributed by atoms with Crippen molar-refractivity contribution in [2.45, 2.75) is 12.1 Å². The van der Waals surface area contributed by atoms with E-state index in [-0.39, 0.29) is 17.5 Å². The van der Waals surface area contributed by atoms with Gasteiger partial charge < -0.3 is 10.0 Å². The summed E-state index contributed by atoms with van der Waals surface area (Å²) in [6.07, 6.45) is -0.713. The number of sulfone groups is 1.